The second-order valence-electron chi connectivity index (χ2n) is 6.79. The van der Waals surface area contributed by atoms with Gasteiger partial charge in [-0.25, -0.2) is 4.98 Å². The minimum atomic E-state index is 0.556. The maximum atomic E-state index is 5.39. The van der Waals surface area contributed by atoms with Gasteiger partial charge in [0.2, 0.25) is 5.88 Å². The van der Waals surface area contributed by atoms with Gasteiger partial charge in [-0.05, 0) is 63.8 Å². The Bertz CT molecular complexity index is 469. The highest BCUT2D eigenvalue weighted by molar-refractivity contribution is 5.25. The van der Waals surface area contributed by atoms with Gasteiger partial charge in [-0.3, -0.25) is 4.90 Å². The summed E-state index contributed by atoms with van der Waals surface area (Å²) in [5.74, 6) is 0.778. The Labute approximate surface area is 128 Å². The Balaban J connectivity index is 1.66. The van der Waals surface area contributed by atoms with Gasteiger partial charge in [0.15, 0.2) is 0 Å². The van der Waals surface area contributed by atoms with Crippen LogP contribution in [-0.2, 0) is 6.54 Å². The Morgan fingerprint density at radius 3 is 2.81 bits per heavy atom. The van der Waals surface area contributed by atoms with Crippen molar-refractivity contribution in [2.75, 3.05) is 40.3 Å². The number of nitrogens with zero attached hydrogens (tertiary/aromatic N) is 3. The Hall–Kier alpha value is -1.13. The molecule has 0 aromatic carbocycles. The molecule has 0 atom stereocenters. The average molecular weight is 289 g/mol. The molecule has 2 fully saturated rings. The SMILES string of the molecule is COc1ncccc1CN1CCCC2(CCN(C)CC2)C1. The zero-order valence-corrected chi connectivity index (χ0v) is 13.3. The first-order chi connectivity index (χ1) is 10.2. The lowest BCUT2D eigenvalue weighted by Gasteiger charge is -2.47. The summed E-state index contributed by atoms with van der Waals surface area (Å²) in [5, 5.41) is 0. The van der Waals surface area contributed by atoms with Gasteiger partial charge in [0.25, 0.3) is 0 Å². The quantitative estimate of drug-likeness (QED) is 0.854. The third kappa shape index (κ3) is 3.38. The second kappa shape index (κ2) is 6.32. The number of ether oxygens (including phenoxy) is 1. The molecule has 0 radical (unpaired) electrons. The molecule has 4 nitrogen and oxygen atoms in total. The minimum absolute atomic E-state index is 0.556. The number of hydrogen-bond donors (Lipinski definition) is 0. The van der Waals surface area contributed by atoms with Crippen LogP contribution in [0.4, 0.5) is 0 Å². The lowest BCUT2D eigenvalue weighted by atomic mass is 9.72. The van der Waals surface area contributed by atoms with E-state index in [9.17, 15) is 0 Å². The average Bonchev–Trinajstić information content (AvgIpc) is 2.51. The van der Waals surface area contributed by atoms with Crippen LogP contribution in [0.2, 0.25) is 0 Å². The first-order valence-electron chi connectivity index (χ1n) is 8.10. The van der Waals surface area contributed by atoms with Gasteiger partial charge in [0, 0.05) is 24.8 Å². The molecule has 0 bridgehead atoms. The van der Waals surface area contributed by atoms with Gasteiger partial charge in [-0.2, -0.15) is 0 Å². The Morgan fingerprint density at radius 2 is 2.05 bits per heavy atom. The van der Waals surface area contributed by atoms with E-state index in [2.05, 4.69) is 27.9 Å². The van der Waals surface area contributed by atoms with Gasteiger partial charge in [0.1, 0.15) is 0 Å². The molecular formula is C17H27N3O. The molecule has 2 aliphatic rings. The third-order valence-electron chi connectivity index (χ3n) is 5.23. The summed E-state index contributed by atoms with van der Waals surface area (Å²) < 4.78 is 5.39. The van der Waals surface area contributed by atoms with E-state index in [-0.39, 0.29) is 0 Å². The van der Waals surface area contributed by atoms with Crippen molar-refractivity contribution in [2.45, 2.75) is 32.2 Å². The fourth-order valence-corrected chi connectivity index (χ4v) is 3.92. The summed E-state index contributed by atoms with van der Waals surface area (Å²) in [6.07, 6.45) is 7.24. The smallest absolute Gasteiger partial charge is 0.217 e. The number of methoxy groups -OCH3 is 1. The molecule has 116 valence electrons. The number of pyridine rings is 1. The van der Waals surface area contributed by atoms with Crippen LogP contribution in [0.3, 0.4) is 0 Å². The van der Waals surface area contributed by atoms with E-state index < -0.39 is 0 Å². The van der Waals surface area contributed by atoms with E-state index in [0.717, 1.165) is 12.4 Å². The van der Waals surface area contributed by atoms with E-state index >= 15 is 0 Å². The molecular weight excluding hydrogens is 262 g/mol. The van der Waals surface area contributed by atoms with Gasteiger partial charge in [-0.15, -0.1) is 0 Å². The van der Waals surface area contributed by atoms with Crippen molar-refractivity contribution >= 4 is 0 Å². The summed E-state index contributed by atoms with van der Waals surface area (Å²) in [4.78, 5) is 9.39. The molecule has 3 rings (SSSR count). The molecule has 0 aliphatic carbocycles. The summed E-state index contributed by atoms with van der Waals surface area (Å²) in [5.41, 5.74) is 1.77. The highest BCUT2D eigenvalue weighted by Gasteiger charge is 2.37. The van der Waals surface area contributed by atoms with Crippen LogP contribution < -0.4 is 4.74 Å². The number of piperidine rings is 2. The number of rotatable bonds is 3. The van der Waals surface area contributed by atoms with Crippen molar-refractivity contribution in [3.8, 4) is 5.88 Å². The molecule has 0 N–H and O–H groups in total. The summed E-state index contributed by atoms with van der Waals surface area (Å²) in [7, 11) is 3.95. The van der Waals surface area contributed by atoms with Crippen LogP contribution in [0.15, 0.2) is 18.3 Å². The lowest BCUT2D eigenvalue weighted by Crippen LogP contribution is -2.48. The fourth-order valence-electron chi connectivity index (χ4n) is 3.92. The zero-order valence-electron chi connectivity index (χ0n) is 13.3. The van der Waals surface area contributed by atoms with E-state index in [1.54, 1.807) is 13.3 Å². The number of hydrogen-bond acceptors (Lipinski definition) is 4. The van der Waals surface area contributed by atoms with Crippen LogP contribution in [0, 0.1) is 5.41 Å². The monoisotopic (exact) mass is 289 g/mol. The van der Waals surface area contributed by atoms with Crippen LogP contribution in [0.5, 0.6) is 5.88 Å². The normalized spacial score (nSPS) is 23.3. The van der Waals surface area contributed by atoms with Crippen LogP contribution in [0.25, 0.3) is 0 Å². The molecule has 1 spiro atoms. The lowest BCUT2D eigenvalue weighted by molar-refractivity contribution is 0.0272. The Kier molecular flexibility index (Phi) is 4.45. The molecule has 1 aromatic heterocycles. The summed E-state index contributed by atoms with van der Waals surface area (Å²) >= 11 is 0. The Morgan fingerprint density at radius 1 is 1.24 bits per heavy atom. The minimum Gasteiger partial charge on any atom is -0.481 e. The van der Waals surface area contributed by atoms with Gasteiger partial charge >= 0.3 is 0 Å². The maximum absolute atomic E-state index is 5.39. The first kappa shape index (κ1) is 14.8. The van der Waals surface area contributed by atoms with Crippen LogP contribution >= 0.6 is 0 Å². The van der Waals surface area contributed by atoms with Crippen molar-refractivity contribution in [2.24, 2.45) is 5.41 Å². The van der Waals surface area contributed by atoms with Crippen LogP contribution in [0.1, 0.15) is 31.2 Å². The predicted molar refractivity (Wildman–Crippen MR) is 84.5 cm³/mol. The maximum Gasteiger partial charge on any atom is 0.217 e. The van der Waals surface area contributed by atoms with E-state index in [0.29, 0.717) is 5.41 Å². The van der Waals surface area contributed by atoms with Gasteiger partial charge < -0.3 is 9.64 Å². The topological polar surface area (TPSA) is 28.6 Å². The molecule has 3 heterocycles. The third-order valence-corrected chi connectivity index (χ3v) is 5.23. The zero-order chi connectivity index (χ0) is 14.7. The second-order valence-corrected chi connectivity index (χ2v) is 6.79. The molecule has 0 amide bonds. The summed E-state index contributed by atoms with van der Waals surface area (Å²) in [6.45, 7) is 5.91. The van der Waals surface area contributed by atoms with Crippen molar-refractivity contribution < 1.29 is 4.74 Å². The van der Waals surface area contributed by atoms with E-state index in [1.807, 2.05) is 6.07 Å². The molecule has 2 saturated heterocycles. The van der Waals surface area contributed by atoms with Crippen LogP contribution in [-0.4, -0.2) is 55.1 Å². The molecule has 21 heavy (non-hydrogen) atoms. The molecule has 0 unspecified atom stereocenters. The number of likely N-dealkylation sites (tertiary alicyclic amines) is 2. The standard InChI is InChI=1S/C17H27N3O/c1-19-11-7-17(8-12-19)6-4-10-20(14-17)13-15-5-3-9-18-16(15)21-2/h3,5,9H,4,6-8,10-14H2,1-2H3. The summed E-state index contributed by atoms with van der Waals surface area (Å²) in [6, 6.07) is 4.15. The molecule has 2 aliphatic heterocycles. The van der Waals surface area contributed by atoms with Gasteiger partial charge in [0.05, 0.1) is 7.11 Å². The number of aromatic nitrogens is 1. The fraction of sp³-hybridized carbons (Fsp3) is 0.706. The van der Waals surface area contributed by atoms with Crippen molar-refractivity contribution in [1.82, 2.24) is 14.8 Å². The largest absolute Gasteiger partial charge is 0.481 e. The molecule has 1 aromatic rings. The highest BCUT2D eigenvalue weighted by atomic mass is 16.5. The molecule has 4 heteroatoms. The molecule has 0 saturated carbocycles. The first-order valence-corrected chi connectivity index (χ1v) is 8.10. The predicted octanol–water partition coefficient (Wildman–Crippen LogP) is 2.40. The highest BCUT2D eigenvalue weighted by Crippen LogP contribution is 2.40. The van der Waals surface area contributed by atoms with Gasteiger partial charge in [-0.1, -0.05) is 6.07 Å². The van der Waals surface area contributed by atoms with Crippen molar-refractivity contribution in [1.29, 1.82) is 0 Å². The van der Waals surface area contributed by atoms with Crippen molar-refractivity contribution in [3.63, 3.8) is 0 Å². The van der Waals surface area contributed by atoms with E-state index in [4.69, 9.17) is 4.74 Å². The van der Waals surface area contributed by atoms with Crippen molar-refractivity contribution in [3.05, 3.63) is 23.9 Å². The van der Waals surface area contributed by atoms with E-state index in [1.165, 1.54) is 57.4 Å².